The van der Waals surface area contributed by atoms with Crippen molar-refractivity contribution in [3.63, 3.8) is 0 Å². The van der Waals surface area contributed by atoms with Crippen LogP contribution >= 0.6 is 11.6 Å². The normalized spacial score (nSPS) is 11.3. The number of aliphatic imine (C=N–C) groups is 1. The van der Waals surface area contributed by atoms with Gasteiger partial charge in [0, 0.05) is 12.6 Å². The Bertz CT molecular complexity index is 429. The molecule has 0 heterocycles. The van der Waals surface area contributed by atoms with Crippen molar-refractivity contribution in [1.29, 1.82) is 0 Å². The summed E-state index contributed by atoms with van der Waals surface area (Å²) in [5.74, 6) is 0.363. The molecule has 1 amide bonds. The Hall–Kier alpha value is -1.55. The number of hydrogen-bond acceptors (Lipinski definition) is 2. The van der Waals surface area contributed by atoms with Gasteiger partial charge < -0.3 is 11.1 Å². The van der Waals surface area contributed by atoms with Crippen molar-refractivity contribution >= 4 is 29.0 Å². The predicted octanol–water partition coefficient (Wildman–Crippen LogP) is 1.58. The molecule has 0 saturated heterocycles. The van der Waals surface area contributed by atoms with Crippen LogP contribution in [0.2, 0.25) is 0 Å². The van der Waals surface area contributed by atoms with E-state index in [0.717, 1.165) is 5.56 Å². The minimum atomic E-state index is -0.140. The second kappa shape index (κ2) is 5.51. The van der Waals surface area contributed by atoms with E-state index in [1.54, 1.807) is 25.2 Å². The number of alkyl halides is 1. The summed E-state index contributed by atoms with van der Waals surface area (Å²) >= 11 is 5.55. The number of rotatable bonds is 3. The summed E-state index contributed by atoms with van der Waals surface area (Å²) < 4.78 is 0. The monoisotopic (exact) mass is 239 g/mol. The number of nitrogens with two attached hydrogens (primary N) is 1. The van der Waals surface area contributed by atoms with Gasteiger partial charge in [-0.05, 0) is 24.6 Å². The maximum absolute atomic E-state index is 11.5. The summed E-state index contributed by atoms with van der Waals surface area (Å²) in [5.41, 5.74) is 7.59. The van der Waals surface area contributed by atoms with Crippen LogP contribution in [0.5, 0.6) is 0 Å². The van der Waals surface area contributed by atoms with Crippen molar-refractivity contribution in [2.24, 2.45) is 10.7 Å². The lowest BCUT2D eigenvalue weighted by Gasteiger charge is -2.07. The van der Waals surface area contributed by atoms with Crippen LogP contribution in [-0.2, 0) is 0 Å². The van der Waals surface area contributed by atoms with Crippen molar-refractivity contribution in [3.8, 4) is 0 Å². The standard InChI is InChI=1S/C11H14ClN3O/c1-7-8(11(16)14-2)4-3-5-9(7)15-10(13)6-12/h3-5H,6H2,1-2H3,(H2,13,15)(H,14,16). The zero-order valence-corrected chi connectivity index (χ0v) is 10.0. The molecule has 0 aliphatic carbocycles. The number of amidine groups is 1. The molecule has 0 bridgehead atoms. The molecule has 0 aromatic heterocycles. The number of nitrogens with zero attached hydrogens (tertiary/aromatic N) is 1. The predicted molar refractivity (Wildman–Crippen MR) is 66.6 cm³/mol. The molecule has 0 aliphatic rings. The van der Waals surface area contributed by atoms with Gasteiger partial charge in [-0.2, -0.15) is 0 Å². The first kappa shape index (κ1) is 12.5. The van der Waals surface area contributed by atoms with E-state index in [2.05, 4.69) is 10.3 Å². The fraction of sp³-hybridized carbons (Fsp3) is 0.273. The summed E-state index contributed by atoms with van der Waals surface area (Å²) in [7, 11) is 1.59. The van der Waals surface area contributed by atoms with Crippen LogP contribution in [0, 0.1) is 6.92 Å². The maximum atomic E-state index is 11.5. The van der Waals surface area contributed by atoms with E-state index in [1.165, 1.54) is 0 Å². The average Bonchev–Trinajstić information content (AvgIpc) is 2.30. The fourth-order valence-corrected chi connectivity index (χ4v) is 1.37. The van der Waals surface area contributed by atoms with Crippen molar-refractivity contribution in [2.45, 2.75) is 6.92 Å². The maximum Gasteiger partial charge on any atom is 0.251 e. The van der Waals surface area contributed by atoms with Gasteiger partial charge in [0.05, 0.1) is 11.6 Å². The van der Waals surface area contributed by atoms with Gasteiger partial charge in [-0.1, -0.05) is 6.07 Å². The largest absolute Gasteiger partial charge is 0.386 e. The van der Waals surface area contributed by atoms with E-state index < -0.39 is 0 Å². The lowest BCUT2D eigenvalue weighted by molar-refractivity contribution is 0.0962. The molecule has 4 nitrogen and oxygen atoms in total. The third kappa shape index (κ3) is 2.73. The van der Waals surface area contributed by atoms with Crippen LogP contribution < -0.4 is 11.1 Å². The minimum absolute atomic E-state index is 0.140. The Kier molecular flexibility index (Phi) is 4.31. The highest BCUT2D eigenvalue weighted by Crippen LogP contribution is 2.21. The highest BCUT2D eigenvalue weighted by atomic mass is 35.5. The third-order valence-corrected chi connectivity index (χ3v) is 2.45. The molecule has 86 valence electrons. The van der Waals surface area contributed by atoms with Crippen LogP contribution in [0.1, 0.15) is 15.9 Å². The second-order valence-corrected chi connectivity index (χ2v) is 3.53. The SMILES string of the molecule is CNC(=O)c1cccc(N=C(N)CCl)c1C. The summed E-state index contributed by atoms with van der Waals surface area (Å²) in [6.07, 6.45) is 0. The van der Waals surface area contributed by atoms with Crippen LogP contribution in [0.25, 0.3) is 0 Å². The Morgan fingerprint density at radius 2 is 2.25 bits per heavy atom. The van der Waals surface area contributed by atoms with Crippen LogP contribution in [-0.4, -0.2) is 24.7 Å². The summed E-state index contributed by atoms with van der Waals surface area (Å²) in [4.78, 5) is 15.7. The zero-order chi connectivity index (χ0) is 12.1. The van der Waals surface area contributed by atoms with Gasteiger partial charge in [-0.15, -0.1) is 11.6 Å². The summed E-state index contributed by atoms with van der Waals surface area (Å²) in [6.45, 7) is 1.82. The van der Waals surface area contributed by atoms with Gasteiger partial charge in [0.1, 0.15) is 5.84 Å². The highest BCUT2D eigenvalue weighted by Gasteiger charge is 2.09. The molecule has 0 saturated carbocycles. The van der Waals surface area contributed by atoms with E-state index >= 15 is 0 Å². The van der Waals surface area contributed by atoms with Crippen LogP contribution in [0.15, 0.2) is 23.2 Å². The first-order chi connectivity index (χ1) is 7.60. The molecular weight excluding hydrogens is 226 g/mol. The molecule has 0 aliphatic heterocycles. The Balaban J connectivity index is 3.19. The minimum Gasteiger partial charge on any atom is -0.386 e. The molecule has 0 atom stereocenters. The quantitative estimate of drug-likeness (QED) is 0.478. The Labute approximate surface area is 99.5 Å². The number of carbonyl (C=O) groups is 1. The van der Waals surface area contributed by atoms with Crippen LogP contribution in [0.3, 0.4) is 0 Å². The molecule has 0 unspecified atom stereocenters. The molecule has 5 heteroatoms. The summed E-state index contributed by atoms with van der Waals surface area (Å²) in [5, 5.41) is 2.57. The smallest absolute Gasteiger partial charge is 0.251 e. The van der Waals surface area contributed by atoms with Crippen molar-refractivity contribution in [1.82, 2.24) is 5.32 Å². The van der Waals surface area contributed by atoms with E-state index in [1.807, 2.05) is 6.92 Å². The van der Waals surface area contributed by atoms with E-state index in [4.69, 9.17) is 17.3 Å². The van der Waals surface area contributed by atoms with Crippen molar-refractivity contribution < 1.29 is 4.79 Å². The number of halogens is 1. The van der Waals surface area contributed by atoms with Crippen molar-refractivity contribution in [3.05, 3.63) is 29.3 Å². The lowest BCUT2D eigenvalue weighted by Crippen LogP contribution is -2.19. The van der Waals surface area contributed by atoms with E-state index in [-0.39, 0.29) is 11.8 Å². The molecule has 1 aromatic rings. The van der Waals surface area contributed by atoms with E-state index in [0.29, 0.717) is 17.1 Å². The third-order valence-electron chi connectivity index (χ3n) is 2.18. The Morgan fingerprint density at radius 1 is 1.56 bits per heavy atom. The topological polar surface area (TPSA) is 67.5 Å². The van der Waals surface area contributed by atoms with Gasteiger partial charge in [0.25, 0.3) is 5.91 Å². The van der Waals surface area contributed by atoms with Crippen molar-refractivity contribution in [2.75, 3.05) is 12.9 Å². The van der Waals surface area contributed by atoms with Gasteiger partial charge in [-0.3, -0.25) is 4.79 Å². The molecule has 3 N–H and O–H groups in total. The highest BCUT2D eigenvalue weighted by molar-refractivity contribution is 6.28. The fourth-order valence-electron chi connectivity index (χ4n) is 1.31. The number of nitrogens with one attached hydrogen (secondary N) is 1. The number of carbonyl (C=O) groups excluding carboxylic acids is 1. The molecule has 1 rings (SSSR count). The van der Waals surface area contributed by atoms with Crippen LogP contribution in [0.4, 0.5) is 5.69 Å². The zero-order valence-electron chi connectivity index (χ0n) is 9.25. The number of hydrogen-bond donors (Lipinski definition) is 2. The van der Waals surface area contributed by atoms with Gasteiger partial charge >= 0.3 is 0 Å². The Morgan fingerprint density at radius 3 is 2.81 bits per heavy atom. The van der Waals surface area contributed by atoms with E-state index in [9.17, 15) is 4.79 Å². The molecule has 1 aromatic carbocycles. The van der Waals surface area contributed by atoms with Gasteiger partial charge in [0.2, 0.25) is 0 Å². The van der Waals surface area contributed by atoms with Gasteiger partial charge in [0.15, 0.2) is 0 Å². The number of amides is 1. The van der Waals surface area contributed by atoms with Gasteiger partial charge in [-0.25, -0.2) is 4.99 Å². The number of benzene rings is 1. The first-order valence-electron chi connectivity index (χ1n) is 4.80. The second-order valence-electron chi connectivity index (χ2n) is 3.27. The molecular formula is C11H14ClN3O. The first-order valence-corrected chi connectivity index (χ1v) is 5.34. The molecule has 0 radical (unpaired) electrons. The lowest BCUT2D eigenvalue weighted by atomic mass is 10.1. The summed E-state index contributed by atoms with van der Waals surface area (Å²) in [6, 6.07) is 5.29. The molecule has 0 spiro atoms. The molecule has 16 heavy (non-hydrogen) atoms. The molecule has 0 fully saturated rings. The average molecular weight is 240 g/mol.